The fourth-order valence-electron chi connectivity index (χ4n) is 4.27. The molecule has 142 valence electrons. The van der Waals surface area contributed by atoms with Gasteiger partial charge in [0, 0.05) is 19.3 Å². The molecule has 0 radical (unpaired) electrons. The molecule has 1 saturated carbocycles. The summed E-state index contributed by atoms with van der Waals surface area (Å²) in [6.07, 6.45) is 9.81. The molecule has 1 aromatic carbocycles. The van der Waals surface area contributed by atoms with Gasteiger partial charge in [0.2, 0.25) is 5.91 Å². The van der Waals surface area contributed by atoms with E-state index in [-0.39, 0.29) is 11.3 Å². The molecule has 2 aliphatic rings. The van der Waals surface area contributed by atoms with Gasteiger partial charge in [0.05, 0.1) is 17.7 Å². The van der Waals surface area contributed by atoms with E-state index in [2.05, 4.69) is 47.3 Å². The number of hydrogen-bond acceptors (Lipinski definition) is 2. The van der Waals surface area contributed by atoms with Gasteiger partial charge in [-0.3, -0.25) is 9.48 Å². The van der Waals surface area contributed by atoms with Crippen LogP contribution < -0.4 is 0 Å². The molecule has 0 saturated heterocycles. The van der Waals surface area contributed by atoms with Crippen LogP contribution in [-0.4, -0.2) is 27.1 Å². The number of carbonyl (C=O) groups is 1. The average Bonchev–Trinajstić information content (AvgIpc) is 3.44. The Labute approximate surface area is 161 Å². The SMILES string of the molecule is Cc1cc(CN(C[C@@H]2CC=CCC2)C(=O)C2(c3ccccc3)CC2)nn1C. The number of nitrogens with zero attached hydrogens (tertiary/aromatic N) is 3. The van der Waals surface area contributed by atoms with E-state index in [9.17, 15) is 4.79 Å². The first-order valence-electron chi connectivity index (χ1n) is 10.1. The smallest absolute Gasteiger partial charge is 0.233 e. The second-order valence-corrected chi connectivity index (χ2v) is 8.18. The number of rotatable bonds is 6. The zero-order valence-electron chi connectivity index (χ0n) is 16.4. The molecule has 1 atom stereocenters. The van der Waals surface area contributed by atoms with E-state index in [4.69, 9.17) is 0 Å². The van der Waals surface area contributed by atoms with Gasteiger partial charge in [-0.1, -0.05) is 42.5 Å². The van der Waals surface area contributed by atoms with Crippen molar-refractivity contribution in [3.8, 4) is 0 Å². The van der Waals surface area contributed by atoms with Crippen LogP contribution in [0.3, 0.4) is 0 Å². The van der Waals surface area contributed by atoms with Crippen LogP contribution in [-0.2, 0) is 23.8 Å². The summed E-state index contributed by atoms with van der Waals surface area (Å²) in [5.74, 6) is 0.835. The molecular formula is C23H29N3O. The molecule has 0 unspecified atom stereocenters. The number of aromatic nitrogens is 2. The van der Waals surface area contributed by atoms with E-state index in [0.717, 1.165) is 43.6 Å². The molecule has 2 aliphatic carbocycles. The molecule has 0 aliphatic heterocycles. The van der Waals surface area contributed by atoms with Crippen LogP contribution in [0.25, 0.3) is 0 Å². The van der Waals surface area contributed by atoms with Crippen LogP contribution in [0.5, 0.6) is 0 Å². The summed E-state index contributed by atoms with van der Waals surface area (Å²) in [4.78, 5) is 15.8. The van der Waals surface area contributed by atoms with Gasteiger partial charge in [0.15, 0.2) is 0 Å². The van der Waals surface area contributed by atoms with Gasteiger partial charge in [-0.15, -0.1) is 0 Å². The summed E-state index contributed by atoms with van der Waals surface area (Å²) in [5.41, 5.74) is 2.97. The highest BCUT2D eigenvalue weighted by molar-refractivity contribution is 5.91. The molecule has 4 heteroatoms. The zero-order valence-corrected chi connectivity index (χ0v) is 16.4. The van der Waals surface area contributed by atoms with Crippen LogP contribution in [0.4, 0.5) is 0 Å². The number of aryl methyl sites for hydroxylation is 2. The van der Waals surface area contributed by atoms with Crippen LogP contribution in [0.2, 0.25) is 0 Å². The third kappa shape index (κ3) is 3.71. The van der Waals surface area contributed by atoms with E-state index in [1.807, 2.05) is 29.9 Å². The summed E-state index contributed by atoms with van der Waals surface area (Å²) in [6.45, 7) is 3.49. The molecule has 1 aromatic heterocycles. The number of amides is 1. The number of benzene rings is 1. The van der Waals surface area contributed by atoms with E-state index in [1.165, 1.54) is 12.0 Å². The van der Waals surface area contributed by atoms with Crippen molar-refractivity contribution in [2.75, 3.05) is 6.54 Å². The Balaban J connectivity index is 1.58. The fraction of sp³-hybridized carbons (Fsp3) is 0.478. The summed E-state index contributed by atoms with van der Waals surface area (Å²) in [6, 6.07) is 12.4. The normalized spacial score (nSPS) is 20.4. The summed E-state index contributed by atoms with van der Waals surface area (Å²) in [5, 5.41) is 4.61. The summed E-state index contributed by atoms with van der Waals surface area (Å²) in [7, 11) is 1.96. The molecule has 1 fully saturated rings. The highest BCUT2D eigenvalue weighted by Gasteiger charge is 2.53. The first-order valence-corrected chi connectivity index (χ1v) is 10.1. The largest absolute Gasteiger partial charge is 0.336 e. The Hall–Kier alpha value is -2.36. The van der Waals surface area contributed by atoms with E-state index >= 15 is 0 Å². The standard InChI is InChI=1S/C23H29N3O/c1-18-15-21(24-25(18)2)17-26(16-19-9-5-3-6-10-19)22(27)23(13-14-23)20-11-7-4-8-12-20/h3-5,7-8,11-12,15,19H,6,9-10,13-14,16-17H2,1-2H3/t19-/m1/s1. The van der Waals surface area contributed by atoms with Crippen molar-refractivity contribution in [3.63, 3.8) is 0 Å². The number of carbonyl (C=O) groups excluding carboxylic acids is 1. The predicted molar refractivity (Wildman–Crippen MR) is 107 cm³/mol. The van der Waals surface area contributed by atoms with Gasteiger partial charge in [-0.05, 0) is 56.6 Å². The average molecular weight is 364 g/mol. The third-order valence-electron chi connectivity index (χ3n) is 6.15. The second-order valence-electron chi connectivity index (χ2n) is 8.18. The maximum absolute atomic E-state index is 13.7. The molecule has 0 N–H and O–H groups in total. The Bertz CT molecular complexity index is 813. The minimum absolute atomic E-state index is 0.284. The predicted octanol–water partition coefficient (Wildman–Crippen LogP) is 4.15. The molecule has 1 heterocycles. The lowest BCUT2D eigenvalue weighted by atomic mass is 9.91. The van der Waals surface area contributed by atoms with Crippen molar-refractivity contribution in [1.29, 1.82) is 0 Å². The molecule has 4 nitrogen and oxygen atoms in total. The molecule has 2 aromatic rings. The third-order valence-corrected chi connectivity index (χ3v) is 6.15. The van der Waals surface area contributed by atoms with Crippen molar-refractivity contribution in [2.24, 2.45) is 13.0 Å². The van der Waals surface area contributed by atoms with Crippen molar-refractivity contribution < 1.29 is 4.79 Å². The van der Waals surface area contributed by atoms with E-state index in [0.29, 0.717) is 12.5 Å². The highest BCUT2D eigenvalue weighted by Crippen LogP contribution is 2.49. The van der Waals surface area contributed by atoms with Crippen molar-refractivity contribution in [2.45, 2.75) is 51.0 Å². The maximum atomic E-state index is 13.7. The van der Waals surface area contributed by atoms with Gasteiger partial charge < -0.3 is 4.90 Å². The van der Waals surface area contributed by atoms with Crippen LogP contribution in [0.15, 0.2) is 48.6 Å². The van der Waals surface area contributed by atoms with Gasteiger partial charge in [0.25, 0.3) is 0 Å². The summed E-state index contributed by atoms with van der Waals surface area (Å²) < 4.78 is 1.89. The summed E-state index contributed by atoms with van der Waals surface area (Å²) >= 11 is 0. The first kappa shape index (κ1) is 18.0. The topological polar surface area (TPSA) is 38.1 Å². The number of hydrogen-bond donors (Lipinski definition) is 0. The molecule has 0 spiro atoms. The highest BCUT2D eigenvalue weighted by atomic mass is 16.2. The number of allylic oxidation sites excluding steroid dienone is 2. The van der Waals surface area contributed by atoms with Crippen LogP contribution >= 0.6 is 0 Å². The van der Waals surface area contributed by atoms with E-state index in [1.54, 1.807) is 0 Å². The lowest BCUT2D eigenvalue weighted by Gasteiger charge is -2.31. The van der Waals surface area contributed by atoms with Crippen molar-refractivity contribution >= 4 is 5.91 Å². The lowest BCUT2D eigenvalue weighted by molar-refractivity contribution is -0.135. The van der Waals surface area contributed by atoms with Gasteiger partial charge in [0.1, 0.15) is 0 Å². The second kappa shape index (κ2) is 7.34. The van der Waals surface area contributed by atoms with Crippen molar-refractivity contribution in [1.82, 2.24) is 14.7 Å². The Morgan fingerprint density at radius 3 is 2.63 bits per heavy atom. The quantitative estimate of drug-likeness (QED) is 0.723. The minimum Gasteiger partial charge on any atom is -0.336 e. The van der Waals surface area contributed by atoms with Crippen molar-refractivity contribution in [3.05, 3.63) is 65.5 Å². The Kier molecular flexibility index (Phi) is 4.90. The van der Waals surface area contributed by atoms with Gasteiger partial charge in [-0.25, -0.2) is 0 Å². The first-order chi connectivity index (χ1) is 13.1. The van der Waals surface area contributed by atoms with Gasteiger partial charge >= 0.3 is 0 Å². The fourth-order valence-corrected chi connectivity index (χ4v) is 4.27. The molecular weight excluding hydrogens is 334 g/mol. The zero-order chi connectivity index (χ0) is 18.9. The van der Waals surface area contributed by atoms with Crippen LogP contribution in [0, 0.1) is 12.8 Å². The Morgan fingerprint density at radius 2 is 2.04 bits per heavy atom. The maximum Gasteiger partial charge on any atom is 0.233 e. The van der Waals surface area contributed by atoms with E-state index < -0.39 is 0 Å². The lowest BCUT2D eigenvalue weighted by Crippen LogP contribution is -2.42. The van der Waals surface area contributed by atoms with Gasteiger partial charge in [-0.2, -0.15) is 5.10 Å². The molecule has 1 amide bonds. The minimum atomic E-state index is -0.310. The monoisotopic (exact) mass is 363 g/mol. The molecule has 4 rings (SSSR count). The molecule has 27 heavy (non-hydrogen) atoms. The van der Waals surface area contributed by atoms with Crippen LogP contribution in [0.1, 0.15) is 49.1 Å². The molecule has 0 bridgehead atoms. The Morgan fingerprint density at radius 1 is 1.26 bits per heavy atom.